The number of hydrogen-bond donors (Lipinski definition) is 0. The van der Waals surface area contributed by atoms with Crippen LogP contribution in [0.4, 0.5) is 5.82 Å². The highest BCUT2D eigenvalue weighted by Gasteiger charge is 2.26. The number of nitrogens with zero attached hydrogens (tertiary/aromatic N) is 6. The summed E-state index contributed by atoms with van der Waals surface area (Å²) in [5.41, 5.74) is 0.400. The van der Waals surface area contributed by atoms with E-state index in [4.69, 9.17) is 0 Å². The van der Waals surface area contributed by atoms with Gasteiger partial charge in [-0.15, -0.1) is 10.2 Å². The molecule has 116 valence electrons. The van der Waals surface area contributed by atoms with Crippen LogP contribution in [-0.4, -0.2) is 57.7 Å². The first-order valence-corrected chi connectivity index (χ1v) is 7.43. The number of carbonyl (C=O) groups is 1. The molecule has 1 atom stereocenters. The van der Waals surface area contributed by atoms with Crippen molar-refractivity contribution in [1.29, 1.82) is 0 Å². The zero-order chi connectivity index (χ0) is 15.5. The van der Waals surface area contributed by atoms with E-state index in [1.165, 1.54) is 0 Å². The van der Waals surface area contributed by atoms with Crippen LogP contribution in [0.5, 0.6) is 0 Å². The second kappa shape index (κ2) is 6.13. The van der Waals surface area contributed by atoms with Gasteiger partial charge in [0.25, 0.3) is 5.91 Å². The molecule has 0 N–H and O–H groups in total. The van der Waals surface area contributed by atoms with Gasteiger partial charge in [0, 0.05) is 39.6 Å². The minimum absolute atomic E-state index is 0.0531. The fraction of sp³-hybridized carbons (Fsp3) is 0.467. The molecule has 3 rings (SSSR count). The van der Waals surface area contributed by atoms with Gasteiger partial charge in [0.15, 0.2) is 11.5 Å². The maximum Gasteiger partial charge on any atom is 0.274 e. The molecule has 1 amide bonds. The third-order valence-corrected chi connectivity index (χ3v) is 3.96. The lowest BCUT2D eigenvalue weighted by Crippen LogP contribution is -2.41. The number of anilines is 1. The van der Waals surface area contributed by atoms with Gasteiger partial charge in [0.1, 0.15) is 0 Å². The highest BCUT2D eigenvalue weighted by molar-refractivity contribution is 5.92. The Kier molecular flexibility index (Phi) is 4.04. The second-order valence-electron chi connectivity index (χ2n) is 5.73. The monoisotopic (exact) mass is 300 g/mol. The van der Waals surface area contributed by atoms with Crippen LogP contribution < -0.4 is 4.90 Å². The highest BCUT2D eigenvalue weighted by atomic mass is 16.2. The van der Waals surface area contributed by atoms with E-state index < -0.39 is 0 Å². The van der Waals surface area contributed by atoms with Crippen LogP contribution in [0.2, 0.25) is 0 Å². The topological polar surface area (TPSA) is 67.2 Å². The number of piperidine rings is 1. The van der Waals surface area contributed by atoms with Crippen LogP contribution >= 0.6 is 0 Å². The summed E-state index contributed by atoms with van der Waals surface area (Å²) in [4.78, 5) is 20.4. The zero-order valence-electron chi connectivity index (χ0n) is 12.9. The third-order valence-electron chi connectivity index (χ3n) is 3.96. The molecule has 0 unspecified atom stereocenters. The van der Waals surface area contributed by atoms with Crippen LogP contribution in [-0.2, 0) is 0 Å². The van der Waals surface area contributed by atoms with Crippen LogP contribution in [0.1, 0.15) is 29.4 Å². The minimum Gasteiger partial charge on any atom is -0.361 e. The molecule has 0 aliphatic carbocycles. The molecule has 0 bridgehead atoms. The predicted molar refractivity (Wildman–Crippen MR) is 82.8 cm³/mol. The molecule has 2 aromatic heterocycles. The summed E-state index contributed by atoms with van der Waals surface area (Å²) >= 11 is 0. The van der Waals surface area contributed by atoms with Crippen molar-refractivity contribution in [3.63, 3.8) is 0 Å². The van der Waals surface area contributed by atoms with Crippen molar-refractivity contribution in [1.82, 2.24) is 24.6 Å². The van der Waals surface area contributed by atoms with Crippen molar-refractivity contribution < 1.29 is 4.79 Å². The Hall–Kier alpha value is -2.44. The molecule has 22 heavy (non-hydrogen) atoms. The smallest absolute Gasteiger partial charge is 0.274 e. The molecule has 2 aromatic rings. The Labute approximate surface area is 129 Å². The van der Waals surface area contributed by atoms with E-state index in [-0.39, 0.29) is 11.9 Å². The maximum absolute atomic E-state index is 12.6. The highest BCUT2D eigenvalue weighted by Crippen LogP contribution is 2.22. The number of imidazole rings is 1. The molecule has 1 saturated heterocycles. The molecule has 7 heteroatoms. The van der Waals surface area contributed by atoms with Gasteiger partial charge in [0.05, 0.1) is 12.4 Å². The van der Waals surface area contributed by atoms with Crippen molar-refractivity contribution in [3.05, 3.63) is 36.5 Å². The van der Waals surface area contributed by atoms with E-state index in [1.807, 2.05) is 42.5 Å². The average Bonchev–Trinajstić information content (AvgIpc) is 3.09. The number of carbonyl (C=O) groups excluding carboxylic acids is 1. The molecule has 3 heterocycles. The van der Waals surface area contributed by atoms with Crippen LogP contribution in [0.3, 0.4) is 0 Å². The number of aromatic nitrogens is 4. The molecular weight excluding hydrogens is 280 g/mol. The Balaban J connectivity index is 1.71. The fourth-order valence-corrected chi connectivity index (χ4v) is 2.71. The lowest BCUT2D eigenvalue weighted by molar-refractivity contribution is 0.0672. The van der Waals surface area contributed by atoms with Crippen molar-refractivity contribution >= 4 is 11.7 Å². The van der Waals surface area contributed by atoms with Gasteiger partial charge in [-0.1, -0.05) is 0 Å². The van der Waals surface area contributed by atoms with Crippen LogP contribution in [0.25, 0.3) is 0 Å². The van der Waals surface area contributed by atoms with Crippen molar-refractivity contribution in [2.75, 3.05) is 32.1 Å². The molecule has 0 spiro atoms. The molecule has 7 nitrogen and oxygen atoms in total. The summed E-state index contributed by atoms with van der Waals surface area (Å²) in [7, 11) is 3.79. The van der Waals surface area contributed by atoms with Crippen molar-refractivity contribution in [3.8, 4) is 0 Å². The van der Waals surface area contributed by atoms with E-state index in [1.54, 1.807) is 12.3 Å². The number of likely N-dealkylation sites (tertiary alicyclic amines) is 1. The van der Waals surface area contributed by atoms with Gasteiger partial charge >= 0.3 is 0 Å². The van der Waals surface area contributed by atoms with Gasteiger partial charge in [-0.2, -0.15) is 0 Å². The summed E-state index contributed by atoms with van der Waals surface area (Å²) in [6.07, 6.45) is 7.57. The van der Waals surface area contributed by atoms with E-state index in [9.17, 15) is 4.79 Å². The van der Waals surface area contributed by atoms with Gasteiger partial charge in [0.2, 0.25) is 0 Å². The first kappa shape index (κ1) is 14.5. The van der Waals surface area contributed by atoms with E-state index >= 15 is 0 Å². The first-order chi connectivity index (χ1) is 10.6. The minimum atomic E-state index is -0.0531. The largest absolute Gasteiger partial charge is 0.361 e. The molecule has 1 fully saturated rings. The van der Waals surface area contributed by atoms with Crippen LogP contribution in [0, 0.1) is 0 Å². The average molecular weight is 300 g/mol. The molecule has 1 aliphatic heterocycles. The number of amides is 1. The van der Waals surface area contributed by atoms with Crippen LogP contribution in [0.15, 0.2) is 30.9 Å². The molecule has 1 aliphatic rings. The van der Waals surface area contributed by atoms with E-state index in [0.717, 1.165) is 25.2 Å². The Bertz CT molecular complexity index is 622. The summed E-state index contributed by atoms with van der Waals surface area (Å²) in [6, 6.07) is 3.84. The van der Waals surface area contributed by atoms with Crippen molar-refractivity contribution in [2.24, 2.45) is 0 Å². The Morgan fingerprint density at radius 2 is 2.18 bits per heavy atom. The van der Waals surface area contributed by atoms with Gasteiger partial charge in [-0.25, -0.2) is 4.98 Å². The standard InChI is InChI=1S/C15H20N6O/c1-19(2)14-6-5-13(17-18-14)15(22)20-8-3-4-12(10-20)21-9-7-16-11-21/h5-7,9,11-12H,3-4,8,10H2,1-2H3/t12-/m0/s1. The zero-order valence-corrected chi connectivity index (χ0v) is 12.9. The summed E-state index contributed by atoms with van der Waals surface area (Å²) in [6.45, 7) is 1.45. The van der Waals surface area contributed by atoms with Gasteiger partial charge in [-0.3, -0.25) is 4.79 Å². The predicted octanol–water partition coefficient (Wildman–Crippen LogP) is 1.22. The fourth-order valence-electron chi connectivity index (χ4n) is 2.71. The number of hydrogen-bond acceptors (Lipinski definition) is 5. The third kappa shape index (κ3) is 2.93. The molecule has 0 saturated carbocycles. The van der Waals surface area contributed by atoms with E-state index in [0.29, 0.717) is 12.2 Å². The Morgan fingerprint density at radius 3 is 2.82 bits per heavy atom. The van der Waals surface area contributed by atoms with Gasteiger partial charge in [-0.05, 0) is 25.0 Å². The lowest BCUT2D eigenvalue weighted by Gasteiger charge is -2.33. The SMILES string of the molecule is CN(C)c1ccc(C(=O)N2CCC[C@H](n3ccnc3)C2)nn1. The first-order valence-electron chi connectivity index (χ1n) is 7.43. The van der Waals surface area contributed by atoms with Gasteiger partial charge < -0.3 is 14.4 Å². The van der Waals surface area contributed by atoms with Crippen molar-refractivity contribution in [2.45, 2.75) is 18.9 Å². The molecule has 0 radical (unpaired) electrons. The quantitative estimate of drug-likeness (QED) is 0.852. The summed E-state index contributed by atoms with van der Waals surface area (Å²) < 4.78 is 2.07. The summed E-state index contributed by atoms with van der Waals surface area (Å²) in [5, 5.41) is 8.14. The number of rotatable bonds is 3. The Morgan fingerprint density at radius 1 is 1.32 bits per heavy atom. The van der Waals surface area contributed by atoms with E-state index in [2.05, 4.69) is 19.7 Å². The second-order valence-corrected chi connectivity index (χ2v) is 5.73. The maximum atomic E-state index is 12.6. The lowest BCUT2D eigenvalue weighted by atomic mass is 10.1. The summed E-state index contributed by atoms with van der Waals surface area (Å²) in [5.74, 6) is 0.689. The molecule has 0 aromatic carbocycles. The normalized spacial score (nSPS) is 18.3. The molecular formula is C15H20N6O.